The van der Waals surface area contributed by atoms with Gasteiger partial charge in [-0.3, -0.25) is 0 Å². The van der Waals surface area contributed by atoms with E-state index in [0.717, 1.165) is 25.4 Å². The van der Waals surface area contributed by atoms with E-state index in [1.807, 2.05) is 0 Å². The van der Waals surface area contributed by atoms with Crippen LogP contribution in [0, 0.1) is 19.8 Å². The summed E-state index contributed by atoms with van der Waals surface area (Å²) in [7, 11) is 0. The second kappa shape index (κ2) is 3.73. The first kappa shape index (κ1) is 9.71. The summed E-state index contributed by atoms with van der Waals surface area (Å²) in [6, 6.07) is 0. The molecule has 0 radical (unpaired) electrons. The minimum absolute atomic E-state index is 0.780. The van der Waals surface area contributed by atoms with Gasteiger partial charge in [0.05, 0.1) is 5.69 Å². The van der Waals surface area contributed by atoms with E-state index in [0.29, 0.717) is 0 Å². The number of aromatic nitrogens is 2. The van der Waals surface area contributed by atoms with Crippen LogP contribution in [0.5, 0.6) is 0 Å². The Balaban J connectivity index is 2.21. The van der Waals surface area contributed by atoms with Crippen molar-refractivity contribution in [3.05, 3.63) is 17.2 Å². The molecule has 0 aliphatic carbocycles. The van der Waals surface area contributed by atoms with Crippen molar-refractivity contribution >= 4 is 0 Å². The summed E-state index contributed by atoms with van der Waals surface area (Å²) in [5.41, 5.74) is 8.25. The maximum Gasteiger partial charge on any atom is 0.106 e. The molecule has 3 nitrogen and oxygen atoms in total. The number of nitrogens with two attached hydrogens (primary N) is 1. The highest BCUT2D eigenvalue weighted by atomic mass is 15.1. The normalized spacial score (nSPS) is 20.9. The Morgan fingerprint density at radius 2 is 2.29 bits per heavy atom. The van der Waals surface area contributed by atoms with Gasteiger partial charge >= 0.3 is 0 Å². The van der Waals surface area contributed by atoms with E-state index >= 15 is 0 Å². The molecule has 0 aromatic carbocycles. The molecule has 0 saturated carbocycles. The Bertz CT molecular complexity index is 328. The Morgan fingerprint density at radius 3 is 3.00 bits per heavy atom. The lowest BCUT2D eigenvalue weighted by Crippen LogP contribution is -2.22. The fourth-order valence-electron chi connectivity index (χ4n) is 2.48. The summed E-state index contributed by atoms with van der Waals surface area (Å²) >= 11 is 0. The van der Waals surface area contributed by atoms with Gasteiger partial charge in [-0.2, -0.15) is 0 Å². The molecule has 0 saturated heterocycles. The summed E-state index contributed by atoms with van der Waals surface area (Å²) in [5, 5.41) is 0. The van der Waals surface area contributed by atoms with Gasteiger partial charge in [0.25, 0.3) is 0 Å². The van der Waals surface area contributed by atoms with Crippen LogP contribution in [-0.4, -0.2) is 16.1 Å². The van der Waals surface area contributed by atoms with Gasteiger partial charge in [0.1, 0.15) is 5.82 Å². The third-order valence-corrected chi connectivity index (χ3v) is 3.28. The van der Waals surface area contributed by atoms with Crippen LogP contribution in [0.4, 0.5) is 0 Å². The minimum Gasteiger partial charge on any atom is -0.332 e. The lowest BCUT2D eigenvalue weighted by molar-refractivity contribution is 0.367. The molecule has 1 aliphatic rings. The summed E-state index contributed by atoms with van der Waals surface area (Å²) in [4.78, 5) is 4.52. The van der Waals surface area contributed by atoms with Crippen LogP contribution >= 0.6 is 0 Å². The number of aryl methyl sites for hydroxylation is 2. The molecular weight excluding hydrogens is 174 g/mol. The van der Waals surface area contributed by atoms with Gasteiger partial charge in [-0.25, -0.2) is 4.98 Å². The van der Waals surface area contributed by atoms with E-state index in [4.69, 9.17) is 5.73 Å². The molecule has 1 aliphatic heterocycles. The number of hydrogen-bond donors (Lipinski definition) is 1. The molecule has 78 valence electrons. The molecule has 1 atom stereocenters. The molecule has 0 spiro atoms. The second-order valence-corrected chi connectivity index (χ2v) is 4.28. The third kappa shape index (κ3) is 1.57. The molecule has 0 bridgehead atoms. The molecule has 2 rings (SSSR count). The quantitative estimate of drug-likeness (QED) is 0.771. The maximum atomic E-state index is 5.60. The monoisotopic (exact) mass is 193 g/mol. The van der Waals surface area contributed by atoms with Gasteiger partial charge in [0.15, 0.2) is 0 Å². The average molecular weight is 193 g/mol. The van der Waals surface area contributed by atoms with Crippen molar-refractivity contribution in [1.82, 2.24) is 9.55 Å². The summed E-state index contributed by atoms with van der Waals surface area (Å²) in [5.74, 6) is 1.95. The standard InChI is InChI=1S/C11H19N3/c1-8-11-7-10(3-5-12)4-6-14(11)9(2)13-8/h10H,3-7,12H2,1-2H3. The van der Waals surface area contributed by atoms with Crippen LogP contribution in [0.15, 0.2) is 0 Å². The van der Waals surface area contributed by atoms with E-state index < -0.39 is 0 Å². The average Bonchev–Trinajstić information content (AvgIpc) is 2.43. The number of hydrogen-bond acceptors (Lipinski definition) is 2. The van der Waals surface area contributed by atoms with Crippen LogP contribution in [0.2, 0.25) is 0 Å². The van der Waals surface area contributed by atoms with Gasteiger partial charge in [-0.15, -0.1) is 0 Å². The highest BCUT2D eigenvalue weighted by Gasteiger charge is 2.21. The van der Waals surface area contributed by atoms with Crippen LogP contribution in [0.25, 0.3) is 0 Å². The first-order valence-corrected chi connectivity index (χ1v) is 5.45. The zero-order chi connectivity index (χ0) is 10.1. The number of fused-ring (bicyclic) bond motifs is 1. The van der Waals surface area contributed by atoms with E-state index in [1.165, 1.54) is 30.1 Å². The fourth-order valence-corrected chi connectivity index (χ4v) is 2.48. The predicted molar refractivity (Wildman–Crippen MR) is 57.2 cm³/mol. The predicted octanol–water partition coefficient (Wildman–Crippen LogP) is 1.41. The van der Waals surface area contributed by atoms with Crippen LogP contribution in [0.3, 0.4) is 0 Å². The molecule has 0 amide bonds. The topological polar surface area (TPSA) is 43.8 Å². The Labute approximate surface area is 85.3 Å². The summed E-state index contributed by atoms with van der Waals surface area (Å²) in [6.07, 6.45) is 3.59. The summed E-state index contributed by atoms with van der Waals surface area (Å²) < 4.78 is 2.36. The number of imidazole rings is 1. The van der Waals surface area contributed by atoms with Crippen molar-refractivity contribution in [3.8, 4) is 0 Å². The van der Waals surface area contributed by atoms with Crippen LogP contribution in [0.1, 0.15) is 30.1 Å². The first-order chi connectivity index (χ1) is 6.72. The lowest BCUT2D eigenvalue weighted by Gasteiger charge is -2.24. The second-order valence-electron chi connectivity index (χ2n) is 4.28. The van der Waals surface area contributed by atoms with E-state index in [2.05, 4.69) is 23.4 Å². The highest BCUT2D eigenvalue weighted by Crippen LogP contribution is 2.25. The van der Waals surface area contributed by atoms with E-state index in [1.54, 1.807) is 0 Å². The van der Waals surface area contributed by atoms with Gasteiger partial charge in [0.2, 0.25) is 0 Å². The van der Waals surface area contributed by atoms with E-state index in [-0.39, 0.29) is 0 Å². The third-order valence-electron chi connectivity index (χ3n) is 3.28. The molecular formula is C11H19N3. The minimum atomic E-state index is 0.780. The molecule has 1 aromatic rings. The molecule has 14 heavy (non-hydrogen) atoms. The van der Waals surface area contributed by atoms with Crippen molar-refractivity contribution in [2.75, 3.05) is 6.54 Å². The van der Waals surface area contributed by atoms with Gasteiger partial charge in [-0.1, -0.05) is 0 Å². The molecule has 0 fully saturated rings. The SMILES string of the molecule is Cc1nc(C)n2c1CC(CCN)CC2. The van der Waals surface area contributed by atoms with Gasteiger partial charge in [-0.05, 0) is 45.6 Å². The largest absolute Gasteiger partial charge is 0.332 e. The zero-order valence-corrected chi connectivity index (χ0v) is 9.08. The van der Waals surface area contributed by atoms with Crippen LogP contribution < -0.4 is 5.73 Å². The number of rotatable bonds is 2. The smallest absolute Gasteiger partial charge is 0.106 e. The van der Waals surface area contributed by atoms with E-state index in [9.17, 15) is 0 Å². The van der Waals surface area contributed by atoms with Crippen molar-refractivity contribution in [1.29, 1.82) is 0 Å². The molecule has 1 aromatic heterocycles. The Morgan fingerprint density at radius 1 is 1.50 bits per heavy atom. The van der Waals surface area contributed by atoms with Crippen molar-refractivity contribution in [3.63, 3.8) is 0 Å². The molecule has 2 N–H and O–H groups in total. The lowest BCUT2D eigenvalue weighted by atomic mass is 9.92. The molecule has 3 heteroatoms. The Kier molecular flexibility index (Phi) is 2.59. The molecule has 1 unspecified atom stereocenters. The van der Waals surface area contributed by atoms with Gasteiger partial charge in [0, 0.05) is 12.2 Å². The maximum absolute atomic E-state index is 5.60. The number of nitrogens with zero attached hydrogens (tertiary/aromatic N) is 2. The van der Waals surface area contributed by atoms with Crippen molar-refractivity contribution < 1.29 is 0 Å². The summed E-state index contributed by atoms with van der Waals surface area (Å²) in [6.45, 7) is 6.16. The Hall–Kier alpha value is -0.830. The molecule has 2 heterocycles. The fraction of sp³-hybridized carbons (Fsp3) is 0.727. The highest BCUT2D eigenvalue weighted by molar-refractivity contribution is 5.17. The van der Waals surface area contributed by atoms with Crippen molar-refractivity contribution in [2.24, 2.45) is 11.7 Å². The van der Waals surface area contributed by atoms with Gasteiger partial charge < -0.3 is 10.3 Å². The van der Waals surface area contributed by atoms with Crippen molar-refractivity contribution in [2.45, 2.75) is 39.7 Å². The first-order valence-electron chi connectivity index (χ1n) is 5.45. The zero-order valence-electron chi connectivity index (χ0n) is 9.08. The van der Waals surface area contributed by atoms with Crippen LogP contribution in [-0.2, 0) is 13.0 Å².